The first-order chi connectivity index (χ1) is 11.0. The number of nitrogens with zero attached hydrogens (tertiary/aromatic N) is 1. The number of rotatable bonds is 3. The lowest BCUT2D eigenvalue weighted by molar-refractivity contribution is -0.143. The minimum atomic E-state index is -0.812. The SMILES string of the molecule is C[C@@H]1CN(C(=O)C2(c3ccccc3)CCOCC2)C[C@H]1C(=O)O. The van der Waals surface area contributed by atoms with Gasteiger partial charge in [-0.3, -0.25) is 9.59 Å². The number of carboxylic acid groups (broad SMARTS) is 1. The molecule has 0 aromatic heterocycles. The fourth-order valence-electron chi connectivity index (χ4n) is 3.86. The van der Waals surface area contributed by atoms with E-state index in [2.05, 4.69) is 0 Å². The van der Waals surface area contributed by atoms with Crippen molar-refractivity contribution in [3.05, 3.63) is 35.9 Å². The van der Waals surface area contributed by atoms with Crippen LogP contribution in [0.5, 0.6) is 0 Å². The van der Waals surface area contributed by atoms with Crippen LogP contribution in [0.3, 0.4) is 0 Å². The molecule has 0 unspecified atom stereocenters. The fraction of sp³-hybridized carbons (Fsp3) is 0.556. The molecule has 5 nitrogen and oxygen atoms in total. The van der Waals surface area contributed by atoms with E-state index >= 15 is 0 Å². The Kier molecular flexibility index (Phi) is 4.39. The van der Waals surface area contributed by atoms with E-state index in [0.717, 1.165) is 5.56 Å². The van der Waals surface area contributed by atoms with Crippen molar-refractivity contribution in [2.75, 3.05) is 26.3 Å². The van der Waals surface area contributed by atoms with E-state index in [4.69, 9.17) is 4.74 Å². The van der Waals surface area contributed by atoms with Gasteiger partial charge in [-0.2, -0.15) is 0 Å². The van der Waals surface area contributed by atoms with Crippen LogP contribution in [0, 0.1) is 11.8 Å². The maximum absolute atomic E-state index is 13.3. The van der Waals surface area contributed by atoms with E-state index in [9.17, 15) is 14.7 Å². The van der Waals surface area contributed by atoms with Gasteiger partial charge in [-0.15, -0.1) is 0 Å². The zero-order chi connectivity index (χ0) is 16.4. The van der Waals surface area contributed by atoms with Gasteiger partial charge in [0.25, 0.3) is 0 Å². The minimum Gasteiger partial charge on any atom is -0.481 e. The van der Waals surface area contributed by atoms with Crippen LogP contribution >= 0.6 is 0 Å². The molecule has 0 radical (unpaired) electrons. The van der Waals surface area contributed by atoms with Gasteiger partial charge in [-0.1, -0.05) is 37.3 Å². The first-order valence-electron chi connectivity index (χ1n) is 8.20. The second kappa shape index (κ2) is 6.32. The first kappa shape index (κ1) is 16.0. The Labute approximate surface area is 136 Å². The van der Waals surface area contributed by atoms with Gasteiger partial charge in [0.05, 0.1) is 11.3 Å². The third-order valence-corrected chi connectivity index (χ3v) is 5.30. The molecular weight excluding hydrogens is 294 g/mol. The predicted molar refractivity (Wildman–Crippen MR) is 85.0 cm³/mol. The summed E-state index contributed by atoms with van der Waals surface area (Å²) in [5.41, 5.74) is 0.437. The van der Waals surface area contributed by atoms with Crippen molar-refractivity contribution in [3.8, 4) is 0 Å². The number of carbonyl (C=O) groups excluding carboxylic acids is 1. The Morgan fingerprint density at radius 3 is 2.39 bits per heavy atom. The Hall–Kier alpha value is -1.88. The molecule has 23 heavy (non-hydrogen) atoms. The van der Waals surface area contributed by atoms with Gasteiger partial charge < -0.3 is 14.7 Å². The molecule has 2 atom stereocenters. The lowest BCUT2D eigenvalue weighted by Crippen LogP contribution is -2.49. The standard InChI is InChI=1S/C18H23NO4/c1-13-11-19(12-15(13)16(20)21)17(22)18(7-9-23-10-8-18)14-5-3-2-4-6-14/h2-6,13,15H,7-12H2,1H3,(H,20,21)/t13-,15-/m1/s1. The van der Waals surface area contributed by atoms with E-state index in [1.54, 1.807) is 4.90 Å². The second-order valence-electron chi connectivity index (χ2n) is 6.69. The summed E-state index contributed by atoms with van der Waals surface area (Å²) in [4.78, 5) is 26.4. The van der Waals surface area contributed by atoms with Crippen molar-refractivity contribution in [2.45, 2.75) is 25.2 Å². The first-order valence-corrected chi connectivity index (χ1v) is 8.20. The maximum Gasteiger partial charge on any atom is 0.308 e. The molecule has 0 spiro atoms. The molecule has 0 saturated carbocycles. The van der Waals surface area contributed by atoms with Gasteiger partial charge in [-0.05, 0) is 24.3 Å². The summed E-state index contributed by atoms with van der Waals surface area (Å²) >= 11 is 0. The summed E-state index contributed by atoms with van der Waals surface area (Å²) in [6.07, 6.45) is 1.30. The summed E-state index contributed by atoms with van der Waals surface area (Å²) in [7, 11) is 0. The van der Waals surface area contributed by atoms with Crippen LogP contribution in [0.4, 0.5) is 0 Å². The zero-order valence-electron chi connectivity index (χ0n) is 13.4. The lowest BCUT2D eigenvalue weighted by atomic mass is 9.73. The van der Waals surface area contributed by atoms with Crippen molar-refractivity contribution in [3.63, 3.8) is 0 Å². The predicted octanol–water partition coefficient (Wildman–Crippen LogP) is 1.91. The highest BCUT2D eigenvalue weighted by atomic mass is 16.5. The van der Waals surface area contributed by atoms with Crippen LogP contribution < -0.4 is 0 Å². The van der Waals surface area contributed by atoms with E-state index in [1.807, 2.05) is 37.3 Å². The molecule has 2 fully saturated rings. The maximum atomic E-state index is 13.3. The molecule has 1 N–H and O–H groups in total. The Balaban J connectivity index is 1.89. The van der Waals surface area contributed by atoms with Crippen molar-refractivity contribution in [1.29, 1.82) is 0 Å². The number of ether oxygens (including phenoxy) is 1. The van der Waals surface area contributed by atoms with Gasteiger partial charge in [0, 0.05) is 26.3 Å². The highest BCUT2D eigenvalue weighted by Gasteiger charge is 2.47. The average molecular weight is 317 g/mol. The van der Waals surface area contributed by atoms with Crippen molar-refractivity contribution < 1.29 is 19.4 Å². The molecule has 0 bridgehead atoms. The quantitative estimate of drug-likeness (QED) is 0.925. The molecule has 2 aliphatic heterocycles. The molecule has 2 heterocycles. The van der Waals surface area contributed by atoms with Crippen molar-refractivity contribution in [2.24, 2.45) is 11.8 Å². The third-order valence-electron chi connectivity index (χ3n) is 5.30. The third kappa shape index (κ3) is 2.85. The van der Waals surface area contributed by atoms with E-state index in [1.165, 1.54) is 0 Å². The topological polar surface area (TPSA) is 66.8 Å². The van der Waals surface area contributed by atoms with Crippen LogP contribution in [-0.4, -0.2) is 48.2 Å². The molecule has 3 rings (SSSR count). The molecule has 2 aliphatic rings. The summed E-state index contributed by atoms with van der Waals surface area (Å²) in [6.45, 7) is 3.86. The van der Waals surface area contributed by atoms with Crippen LogP contribution in [0.25, 0.3) is 0 Å². The monoisotopic (exact) mass is 317 g/mol. The summed E-state index contributed by atoms with van der Waals surface area (Å²) in [5, 5.41) is 9.32. The van der Waals surface area contributed by atoms with Gasteiger partial charge in [0.2, 0.25) is 5.91 Å². The number of carboxylic acids is 1. The molecule has 1 aromatic carbocycles. The molecule has 1 aromatic rings. The van der Waals surface area contributed by atoms with Gasteiger partial charge in [-0.25, -0.2) is 0 Å². The fourth-order valence-corrected chi connectivity index (χ4v) is 3.86. The number of amides is 1. The lowest BCUT2D eigenvalue weighted by Gasteiger charge is -2.39. The number of likely N-dealkylation sites (tertiary alicyclic amines) is 1. The van der Waals surface area contributed by atoms with Crippen LogP contribution in [0.15, 0.2) is 30.3 Å². The van der Waals surface area contributed by atoms with E-state index in [-0.39, 0.29) is 11.8 Å². The second-order valence-corrected chi connectivity index (χ2v) is 6.69. The zero-order valence-corrected chi connectivity index (χ0v) is 13.4. The highest BCUT2D eigenvalue weighted by Crippen LogP contribution is 2.38. The Morgan fingerprint density at radius 1 is 1.17 bits per heavy atom. The summed E-state index contributed by atoms with van der Waals surface area (Å²) in [5.74, 6) is -1.23. The number of hydrogen-bond acceptors (Lipinski definition) is 3. The van der Waals surface area contributed by atoms with E-state index < -0.39 is 17.3 Å². The van der Waals surface area contributed by atoms with Gasteiger partial charge in [0.1, 0.15) is 0 Å². The Bertz CT molecular complexity index is 580. The average Bonchev–Trinajstić information content (AvgIpc) is 2.97. The van der Waals surface area contributed by atoms with Gasteiger partial charge >= 0.3 is 5.97 Å². The van der Waals surface area contributed by atoms with Crippen LogP contribution in [0.1, 0.15) is 25.3 Å². The van der Waals surface area contributed by atoms with E-state index in [0.29, 0.717) is 39.1 Å². The normalized spacial score (nSPS) is 26.9. The van der Waals surface area contributed by atoms with Crippen molar-refractivity contribution in [1.82, 2.24) is 4.90 Å². The molecule has 5 heteroatoms. The number of hydrogen-bond donors (Lipinski definition) is 1. The molecule has 1 amide bonds. The minimum absolute atomic E-state index is 0.0101. The summed E-state index contributed by atoms with van der Waals surface area (Å²) in [6, 6.07) is 9.84. The molecular formula is C18H23NO4. The largest absolute Gasteiger partial charge is 0.481 e. The highest BCUT2D eigenvalue weighted by molar-refractivity contribution is 5.89. The smallest absolute Gasteiger partial charge is 0.308 e. The number of aliphatic carboxylic acids is 1. The Morgan fingerprint density at radius 2 is 1.83 bits per heavy atom. The number of benzene rings is 1. The number of carbonyl (C=O) groups is 2. The molecule has 124 valence electrons. The van der Waals surface area contributed by atoms with Gasteiger partial charge in [0.15, 0.2) is 0 Å². The van der Waals surface area contributed by atoms with Crippen LogP contribution in [-0.2, 0) is 19.7 Å². The summed E-state index contributed by atoms with van der Waals surface area (Å²) < 4.78 is 5.47. The van der Waals surface area contributed by atoms with Crippen LogP contribution in [0.2, 0.25) is 0 Å². The van der Waals surface area contributed by atoms with Crippen molar-refractivity contribution >= 4 is 11.9 Å². The molecule has 0 aliphatic carbocycles. The molecule has 2 saturated heterocycles.